The molecule has 1 aromatic carbocycles. The Morgan fingerprint density at radius 3 is 2.74 bits per heavy atom. The third-order valence-electron chi connectivity index (χ3n) is 4.07. The Bertz CT molecular complexity index is 591. The van der Waals surface area contributed by atoms with Crippen molar-refractivity contribution in [3.8, 4) is 0 Å². The second kappa shape index (κ2) is 4.97. The van der Waals surface area contributed by atoms with Gasteiger partial charge in [-0.25, -0.2) is 9.97 Å². The first-order valence-electron chi connectivity index (χ1n) is 6.82. The van der Waals surface area contributed by atoms with Crippen LogP contribution in [0, 0.1) is 5.41 Å². The van der Waals surface area contributed by atoms with Gasteiger partial charge in [-0.2, -0.15) is 0 Å². The van der Waals surface area contributed by atoms with Gasteiger partial charge in [-0.05, 0) is 42.0 Å². The molecular formula is C15H18ClN3. The Hall–Kier alpha value is -1.35. The Kier molecular flexibility index (Phi) is 3.31. The summed E-state index contributed by atoms with van der Waals surface area (Å²) in [6.07, 6.45) is 5.25. The molecule has 0 radical (unpaired) electrons. The van der Waals surface area contributed by atoms with E-state index in [4.69, 9.17) is 11.6 Å². The summed E-state index contributed by atoms with van der Waals surface area (Å²) >= 11 is 5.99. The molecule has 0 unspecified atom stereocenters. The molecule has 1 saturated carbocycles. The van der Waals surface area contributed by atoms with Crippen molar-refractivity contribution < 1.29 is 0 Å². The summed E-state index contributed by atoms with van der Waals surface area (Å²) in [5.41, 5.74) is 1.28. The average molecular weight is 276 g/mol. The lowest BCUT2D eigenvalue weighted by molar-refractivity contribution is 0.362. The van der Waals surface area contributed by atoms with Crippen LogP contribution in [0.25, 0.3) is 10.9 Å². The molecule has 0 atom stereocenters. The van der Waals surface area contributed by atoms with E-state index in [0.717, 1.165) is 23.3 Å². The zero-order valence-electron chi connectivity index (χ0n) is 11.1. The Balaban J connectivity index is 1.87. The predicted molar refractivity (Wildman–Crippen MR) is 79.6 cm³/mol. The Morgan fingerprint density at radius 2 is 1.95 bits per heavy atom. The number of hydrogen-bond donors (Lipinski definition) is 1. The van der Waals surface area contributed by atoms with Crippen molar-refractivity contribution in [3.05, 3.63) is 29.5 Å². The second-order valence-electron chi connectivity index (χ2n) is 5.73. The molecule has 100 valence electrons. The van der Waals surface area contributed by atoms with E-state index in [9.17, 15) is 0 Å². The van der Waals surface area contributed by atoms with Crippen molar-refractivity contribution >= 4 is 28.3 Å². The van der Waals surface area contributed by atoms with Crippen molar-refractivity contribution in [2.45, 2.75) is 32.6 Å². The summed E-state index contributed by atoms with van der Waals surface area (Å²) in [6, 6.07) is 7.96. The number of rotatable bonds is 3. The molecule has 4 heteroatoms. The Labute approximate surface area is 118 Å². The summed E-state index contributed by atoms with van der Waals surface area (Å²) in [6.45, 7) is 3.29. The van der Waals surface area contributed by atoms with Gasteiger partial charge in [0.25, 0.3) is 0 Å². The molecule has 0 bridgehead atoms. The molecular weight excluding hydrogens is 258 g/mol. The van der Waals surface area contributed by atoms with E-state index in [2.05, 4.69) is 22.2 Å². The molecule has 1 aliphatic carbocycles. The lowest BCUT2D eigenvalue weighted by atomic mass is 9.89. The van der Waals surface area contributed by atoms with Gasteiger partial charge < -0.3 is 5.32 Å². The number of fused-ring (bicyclic) bond motifs is 1. The van der Waals surface area contributed by atoms with E-state index in [-0.39, 0.29) is 0 Å². The smallest absolute Gasteiger partial charge is 0.224 e. The van der Waals surface area contributed by atoms with Crippen LogP contribution in [0.15, 0.2) is 24.3 Å². The van der Waals surface area contributed by atoms with Gasteiger partial charge in [0.2, 0.25) is 5.28 Å². The minimum Gasteiger partial charge on any atom is -0.369 e. The van der Waals surface area contributed by atoms with Crippen LogP contribution < -0.4 is 5.32 Å². The maximum Gasteiger partial charge on any atom is 0.224 e. The van der Waals surface area contributed by atoms with E-state index >= 15 is 0 Å². The molecule has 1 aliphatic rings. The van der Waals surface area contributed by atoms with Crippen molar-refractivity contribution in [3.63, 3.8) is 0 Å². The first kappa shape index (κ1) is 12.7. The maximum absolute atomic E-state index is 5.99. The van der Waals surface area contributed by atoms with Crippen LogP contribution in [0.2, 0.25) is 5.28 Å². The van der Waals surface area contributed by atoms with Crippen LogP contribution in [0.3, 0.4) is 0 Å². The molecule has 1 aromatic heterocycles. The van der Waals surface area contributed by atoms with Gasteiger partial charge in [0.1, 0.15) is 5.82 Å². The van der Waals surface area contributed by atoms with E-state index in [1.54, 1.807) is 0 Å². The fraction of sp³-hybridized carbons (Fsp3) is 0.467. The number of aromatic nitrogens is 2. The van der Waals surface area contributed by atoms with Gasteiger partial charge in [-0.15, -0.1) is 0 Å². The zero-order chi connectivity index (χ0) is 13.3. The molecule has 1 fully saturated rings. The SMILES string of the molecule is CC1(CNc2nc(Cl)nc3ccccc23)CCCC1. The van der Waals surface area contributed by atoms with Crippen LogP contribution in [-0.4, -0.2) is 16.5 Å². The van der Waals surface area contributed by atoms with Crippen molar-refractivity contribution in [1.29, 1.82) is 0 Å². The lowest BCUT2D eigenvalue weighted by Gasteiger charge is -2.24. The fourth-order valence-corrected chi connectivity index (χ4v) is 3.06. The molecule has 1 N–H and O–H groups in total. The van der Waals surface area contributed by atoms with E-state index in [1.165, 1.54) is 25.7 Å². The monoisotopic (exact) mass is 275 g/mol. The minimum atomic E-state index is 0.303. The number of anilines is 1. The summed E-state index contributed by atoms with van der Waals surface area (Å²) < 4.78 is 0. The van der Waals surface area contributed by atoms with Crippen molar-refractivity contribution in [2.75, 3.05) is 11.9 Å². The highest BCUT2D eigenvalue weighted by Crippen LogP contribution is 2.37. The van der Waals surface area contributed by atoms with Gasteiger partial charge in [0, 0.05) is 11.9 Å². The molecule has 0 aliphatic heterocycles. The van der Waals surface area contributed by atoms with Gasteiger partial charge in [-0.1, -0.05) is 31.9 Å². The normalized spacial score (nSPS) is 17.8. The lowest BCUT2D eigenvalue weighted by Crippen LogP contribution is -2.23. The summed E-state index contributed by atoms with van der Waals surface area (Å²) in [7, 11) is 0. The van der Waals surface area contributed by atoms with Crippen LogP contribution in [0.1, 0.15) is 32.6 Å². The first-order chi connectivity index (χ1) is 9.16. The van der Waals surface area contributed by atoms with Crippen LogP contribution >= 0.6 is 11.6 Å². The molecule has 2 aromatic rings. The van der Waals surface area contributed by atoms with Gasteiger partial charge in [0.15, 0.2) is 0 Å². The maximum atomic E-state index is 5.99. The van der Waals surface area contributed by atoms with E-state index < -0.39 is 0 Å². The van der Waals surface area contributed by atoms with Crippen molar-refractivity contribution in [2.24, 2.45) is 5.41 Å². The zero-order valence-corrected chi connectivity index (χ0v) is 11.9. The number of para-hydroxylation sites is 1. The topological polar surface area (TPSA) is 37.8 Å². The van der Waals surface area contributed by atoms with E-state index in [1.807, 2.05) is 24.3 Å². The summed E-state index contributed by atoms with van der Waals surface area (Å²) in [4.78, 5) is 8.58. The molecule has 0 saturated heterocycles. The van der Waals surface area contributed by atoms with Crippen LogP contribution in [0.4, 0.5) is 5.82 Å². The number of benzene rings is 1. The van der Waals surface area contributed by atoms with Gasteiger partial charge in [-0.3, -0.25) is 0 Å². The molecule has 19 heavy (non-hydrogen) atoms. The summed E-state index contributed by atoms with van der Waals surface area (Å²) in [5, 5.41) is 4.81. The fourth-order valence-electron chi connectivity index (χ4n) is 2.89. The largest absolute Gasteiger partial charge is 0.369 e. The first-order valence-corrected chi connectivity index (χ1v) is 7.20. The second-order valence-corrected chi connectivity index (χ2v) is 6.07. The standard InChI is InChI=1S/C15H18ClN3/c1-15(8-4-5-9-15)10-17-13-11-6-2-3-7-12(11)18-14(16)19-13/h2-3,6-7H,4-5,8-10H2,1H3,(H,17,18,19). The van der Waals surface area contributed by atoms with Gasteiger partial charge in [0.05, 0.1) is 5.52 Å². The number of nitrogens with one attached hydrogen (secondary N) is 1. The average Bonchev–Trinajstić information content (AvgIpc) is 2.83. The molecule has 3 rings (SSSR count). The molecule has 0 amide bonds. The summed E-state index contributed by atoms with van der Waals surface area (Å²) in [5.74, 6) is 0.851. The number of hydrogen-bond acceptors (Lipinski definition) is 3. The Morgan fingerprint density at radius 1 is 1.21 bits per heavy atom. The highest BCUT2D eigenvalue weighted by molar-refractivity contribution is 6.28. The molecule has 3 nitrogen and oxygen atoms in total. The number of halogens is 1. The number of nitrogens with zero attached hydrogens (tertiary/aromatic N) is 2. The molecule has 0 spiro atoms. The quantitative estimate of drug-likeness (QED) is 0.850. The van der Waals surface area contributed by atoms with Gasteiger partial charge >= 0.3 is 0 Å². The minimum absolute atomic E-state index is 0.303. The third kappa shape index (κ3) is 2.66. The highest BCUT2D eigenvalue weighted by Gasteiger charge is 2.28. The predicted octanol–water partition coefficient (Wildman–Crippen LogP) is 4.28. The molecule has 1 heterocycles. The van der Waals surface area contributed by atoms with E-state index in [0.29, 0.717) is 10.7 Å². The van der Waals surface area contributed by atoms with Crippen molar-refractivity contribution in [1.82, 2.24) is 9.97 Å². The third-order valence-corrected chi connectivity index (χ3v) is 4.24. The van der Waals surface area contributed by atoms with Crippen LogP contribution in [-0.2, 0) is 0 Å². The highest BCUT2D eigenvalue weighted by atomic mass is 35.5. The van der Waals surface area contributed by atoms with Crippen LogP contribution in [0.5, 0.6) is 0 Å².